The van der Waals surface area contributed by atoms with Gasteiger partial charge < -0.3 is 33.8 Å². The fourth-order valence-electron chi connectivity index (χ4n) is 10.5. The largest absolute Gasteiger partial charge is 1.00 e. The first kappa shape index (κ1) is 75.0. The highest BCUT2D eigenvalue weighted by Gasteiger charge is 2.14. The summed E-state index contributed by atoms with van der Waals surface area (Å²) in [5.74, 6) is 0. The Morgan fingerprint density at radius 3 is 0.338 bits per heavy atom. The van der Waals surface area contributed by atoms with Crippen molar-refractivity contribution in [3.05, 3.63) is 0 Å². The fraction of sp³-hybridized carbons (Fsp3) is 1.00. The molecule has 0 amide bonds. The van der Waals surface area contributed by atoms with E-state index in [0.29, 0.717) is 0 Å². The molecule has 68 heavy (non-hydrogen) atoms. The molecule has 0 spiro atoms. The van der Waals surface area contributed by atoms with Crippen LogP contribution in [0.1, 0.15) is 362 Å². The lowest BCUT2D eigenvalue weighted by atomic mass is 10.0. The van der Waals surface area contributed by atoms with Crippen molar-refractivity contribution in [2.24, 2.45) is 0 Å². The van der Waals surface area contributed by atoms with E-state index in [9.17, 15) is 0 Å². The molecule has 0 atom stereocenters. The Balaban J connectivity index is -0.000000622. The zero-order chi connectivity index (χ0) is 48.6. The van der Waals surface area contributed by atoms with Crippen LogP contribution < -0.4 is 24.8 Å². The summed E-state index contributed by atoms with van der Waals surface area (Å²) in [6.07, 6.45) is 75.9. The van der Waals surface area contributed by atoms with E-state index in [1.54, 1.807) is 0 Å². The smallest absolute Gasteiger partial charge is 0.0782 e. The number of hydrogen-bond donors (Lipinski definition) is 0. The number of quaternary nitrogens is 2. The maximum Gasteiger partial charge on any atom is 0.0782 e. The SMILES string of the molecule is CCCCCCCCCCCCCCCCCC[N+](C)(C)CCCCCCCCCCCCCCCCCC.CCCCCCCCCCCC[N+](C)(C)CCCCCCCCCCCC.[Cl-].[Cl-]. The van der Waals surface area contributed by atoms with Gasteiger partial charge in [0.05, 0.1) is 54.4 Å². The minimum Gasteiger partial charge on any atom is -1.00 e. The average molecular weight is 1000 g/mol. The van der Waals surface area contributed by atoms with Gasteiger partial charge >= 0.3 is 0 Å². The lowest BCUT2D eigenvalue weighted by Gasteiger charge is -2.30. The first-order valence-electron chi connectivity index (χ1n) is 31.9. The molecule has 0 aliphatic carbocycles. The first-order valence-corrected chi connectivity index (χ1v) is 31.9. The van der Waals surface area contributed by atoms with Crippen LogP contribution in [0.5, 0.6) is 0 Å². The maximum absolute atomic E-state index is 2.47. The van der Waals surface area contributed by atoms with Crippen molar-refractivity contribution in [3.8, 4) is 0 Å². The Morgan fingerprint density at radius 2 is 0.235 bits per heavy atom. The molecular weight excluding hydrogens is 868 g/mol. The molecule has 0 aliphatic heterocycles. The van der Waals surface area contributed by atoms with Crippen LogP contribution in [0.4, 0.5) is 0 Å². The van der Waals surface area contributed by atoms with Gasteiger partial charge in [0.15, 0.2) is 0 Å². The van der Waals surface area contributed by atoms with E-state index >= 15 is 0 Å². The molecule has 0 rings (SSSR count). The molecule has 0 bridgehead atoms. The van der Waals surface area contributed by atoms with Crippen LogP contribution in [0, 0.1) is 0 Å². The number of hydrogen-bond acceptors (Lipinski definition) is 0. The molecule has 0 heterocycles. The lowest BCUT2D eigenvalue weighted by Crippen LogP contribution is -3.00. The third-order valence-electron chi connectivity index (χ3n) is 15.5. The van der Waals surface area contributed by atoms with Crippen LogP contribution in [0.15, 0.2) is 0 Å². The summed E-state index contributed by atoms with van der Waals surface area (Å²) in [6, 6.07) is 0. The first-order chi connectivity index (χ1) is 32.2. The summed E-state index contributed by atoms with van der Waals surface area (Å²) in [5, 5.41) is 0. The minimum absolute atomic E-state index is 0. The van der Waals surface area contributed by atoms with Crippen LogP contribution in [-0.2, 0) is 0 Å². The summed E-state index contributed by atoms with van der Waals surface area (Å²) >= 11 is 0. The standard InChI is InChI=1S/C38H80N.C26H56N.2ClH/c1-5-7-9-11-13-15-17-19-21-23-25-27-29-31-33-35-37-39(3,4)38-36-34-32-30-28-26-24-22-20-18-16-14-12-10-8-6-2;1-5-7-9-11-13-15-17-19-21-23-25-27(3,4)26-24-22-20-18-16-14-12-10-8-6-2;;/h5-38H2,1-4H3;5-26H2,1-4H3;2*1H/q2*+1;;/p-2. The van der Waals surface area contributed by atoms with Crippen molar-refractivity contribution in [3.63, 3.8) is 0 Å². The van der Waals surface area contributed by atoms with Gasteiger partial charge in [-0.05, 0) is 51.4 Å². The highest BCUT2D eigenvalue weighted by Crippen LogP contribution is 2.18. The van der Waals surface area contributed by atoms with Crippen molar-refractivity contribution >= 4 is 0 Å². The molecule has 4 heteroatoms. The van der Waals surface area contributed by atoms with Gasteiger partial charge in [-0.1, -0.05) is 310 Å². The molecule has 0 saturated heterocycles. The molecule has 0 radical (unpaired) electrons. The topological polar surface area (TPSA) is 0 Å². The van der Waals surface area contributed by atoms with Crippen LogP contribution in [0.2, 0.25) is 0 Å². The van der Waals surface area contributed by atoms with Crippen LogP contribution in [0.3, 0.4) is 0 Å². The molecule has 0 fully saturated rings. The number of halogens is 2. The number of nitrogens with zero attached hydrogens (tertiary/aromatic N) is 2. The van der Waals surface area contributed by atoms with Crippen LogP contribution >= 0.6 is 0 Å². The fourth-order valence-corrected chi connectivity index (χ4v) is 10.5. The Hall–Kier alpha value is 0.500. The Labute approximate surface area is 447 Å². The molecular formula is C64H136Cl2N2. The zero-order valence-electron chi connectivity index (χ0n) is 49.2. The van der Waals surface area contributed by atoms with E-state index in [4.69, 9.17) is 0 Å². The van der Waals surface area contributed by atoms with Crippen molar-refractivity contribution in [1.82, 2.24) is 0 Å². The summed E-state index contributed by atoms with van der Waals surface area (Å²) in [4.78, 5) is 0. The van der Waals surface area contributed by atoms with Crippen LogP contribution in [-0.4, -0.2) is 63.3 Å². The molecule has 0 aromatic rings. The second kappa shape index (κ2) is 63.6. The summed E-state index contributed by atoms with van der Waals surface area (Å²) in [6.45, 7) is 14.8. The van der Waals surface area contributed by atoms with Gasteiger partial charge in [-0.3, -0.25) is 0 Å². The monoisotopic (exact) mass is 1000 g/mol. The molecule has 0 aromatic heterocycles. The molecule has 0 saturated carbocycles. The normalized spacial score (nSPS) is 11.6. The van der Waals surface area contributed by atoms with E-state index in [1.807, 2.05) is 0 Å². The van der Waals surface area contributed by atoms with Crippen molar-refractivity contribution in [2.45, 2.75) is 362 Å². The van der Waals surface area contributed by atoms with Crippen molar-refractivity contribution < 1.29 is 33.8 Å². The second-order valence-corrected chi connectivity index (χ2v) is 23.7. The predicted molar refractivity (Wildman–Crippen MR) is 306 cm³/mol. The van der Waals surface area contributed by atoms with E-state index in [-0.39, 0.29) is 24.8 Å². The van der Waals surface area contributed by atoms with Crippen LogP contribution in [0.25, 0.3) is 0 Å². The average Bonchev–Trinajstić information content (AvgIpc) is 3.30. The Kier molecular flexibility index (Phi) is 70.2. The molecule has 0 N–H and O–H groups in total. The maximum atomic E-state index is 2.47. The molecule has 2 nitrogen and oxygen atoms in total. The highest BCUT2D eigenvalue weighted by molar-refractivity contribution is 4.54. The van der Waals surface area contributed by atoms with Gasteiger partial charge in [-0.2, -0.15) is 0 Å². The van der Waals surface area contributed by atoms with Gasteiger partial charge in [-0.15, -0.1) is 0 Å². The van der Waals surface area contributed by atoms with Gasteiger partial charge in [0, 0.05) is 0 Å². The Morgan fingerprint density at radius 1 is 0.147 bits per heavy atom. The number of rotatable bonds is 56. The Bertz CT molecular complexity index is 782. The molecule has 0 unspecified atom stereocenters. The third kappa shape index (κ3) is 68.6. The summed E-state index contributed by atoms with van der Waals surface area (Å²) < 4.78 is 2.49. The third-order valence-corrected chi connectivity index (χ3v) is 15.5. The molecule has 0 aliphatic rings. The van der Waals surface area contributed by atoms with E-state index < -0.39 is 0 Å². The number of unbranched alkanes of at least 4 members (excludes halogenated alkanes) is 48. The summed E-state index contributed by atoms with van der Waals surface area (Å²) in [5.41, 5.74) is 0. The minimum atomic E-state index is 0. The lowest BCUT2D eigenvalue weighted by molar-refractivity contribution is -0.890. The zero-order valence-corrected chi connectivity index (χ0v) is 50.8. The van der Waals surface area contributed by atoms with E-state index in [0.717, 1.165) is 0 Å². The van der Waals surface area contributed by atoms with Gasteiger partial charge in [0.25, 0.3) is 0 Å². The second-order valence-electron chi connectivity index (χ2n) is 23.7. The molecule has 0 aromatic carbocycles. The van der Waals surface area contributed by atoms with Crippen molar-refractivity contribution in [1.29, 1.82) is 0 Å². The quantitative estimate of drug-likeness (QED) is 0.0421. The highest BCUT2D eigenvalue weighted by atomic mass is 35.5. The van der Waals surface area contributed by atoms with E-state index in [1.165, 1.54) is 369 Å². The van der Waals surface area contributed by atoms with Gasteiger partial charge in [0.2, 0.25) is 0 Å². The van der Waals surface area contributed by atoms with Crippen molar-refractivity contribution in [2.75, 3.05) is 54.4 Å². The van der Waals surface area contributed by atoms with Gasteiger partial charge in [-0.25, -0.2) is 0 Å². The predicted octanol–water partition coefficient (Wildman–Crippen LogP) is 16.5. The van der Waals surface area contributed by atoms with E-state index in [2.05, 4.69) is 55.9 Å². The summed E-state index contributed by atoms with van der Waals surface area (Å²) in [7, 11) is 9.83. The van der Waals surface area contributed by atoms with Gasteiger partial charge in [0.1, 0.15) is 0 Å². The molecule has 416 valence electrons.